The first-order valence-electron chi connectivity index (χ1n) is 7.72. The fourth-order valence-corrected chi connectivity index (χ4v) is 2.89. The van der Waals surface area contributed by atoms with Crippen molar-refractivity contribution in [1.29, 1.82) is 0 Å². The lowest BCUT2D eigenvalue weighted by molar-refractivity contribution is -0.124. The van der Waals surface area contributed by atoms with Crippen molar-refractivity contribution >= 4 is 34.3 Å². The molecule has 1 N–H and O–H groups in total. The second-order valence-corrected chi connectivity index (χ2v) is 6.96. The highest BCUT2D eigenvalue weighted by atomic mass is 35.5. The van der Waals surface area contributed by atoms with Crippen LogP contribution in [-0.4, -0.2) is 42.1 Å². The first kappa shape index (κ1) is 19.9. The highest BCUT2D eigenvalue weighted by molar-refractivity contribution is 7.84. The van der Waals surface area contributed by atoms with Gasteiger partial charge in [0.15, 0.2) is 6.61 Å². The topological polar surface area (TPSA) is 81.7 Å². The molecule has 0 fully saturated rings. The highest BCUT2D eigenvalue weighted by Crippen LogP contribution is 2.15. The zero-order chi connectivity index (χ0) is 18.9. The van der Waals surface area contributed by atoms with E-state index >= 15 is 0 Å². The summed E-state index contributed by atoms with van der Waals surface area (Å²) in [5.41, 5.74) is 0.187. The van der Waals surface area contributed by atoms with Crippen LogP contribution >= 0.6 is 11.6 Å². The average Bonchev–Trinajstić information content (AvgIpc) is 2.64. The predicted molar refractivity (Wildman–Crippen MR) is 99.0 cm³/mol. The fraction of sp³-hybridized carbons (Fsp3) is 0.222. The van der Waals surface area contributed by atoms with Gasteiger partial charge in [0.05, 0.1) is 27.8 Å². The third-order valence-corrected chi connectivity index (χ3v) is 4.48. The van der Waals surface area contributed by atoms with Crippen LogP contribution in [0.5, 0.6) is 5.75 Å². The molecule has 2 aromatic rings. The minimum atomic E-state index is -1.33. The number of carbonyl (C=O) groups excluding carboxylic acids is 2. The van der Waals surface area contributed by atoms with Gasteiger partial charge in [-0.2, -0.15) is 0 Å². The maximum Gasteiger partial charge on any atom is 0.339 e. The van der Waals surface area contributed by atoms with Gasteiger partial charge in [-0.25, -0.2) is 4.79 Å². The second-order valence-electron chi connectivity index (χ2n) is 5.18. The van der Waals surface area contributed by atoms with Crippen molar-refractivity contribution in [3.05, 3.63) is 59.1 Å². The summed E-state index contributed by atoms with van der Waals surface area (Å²) >= 11 is 5.78. The lowest BCUT2D eigenvalue weighted by Crippen LogP contribution is -2.32. The Hall–Kier alpha value is -2.38. The third kappa shape index (κ3) is 6.16. The number of amides is 1. The molecule has 0 saturated carbocycles. The van der Waals surface area contributed by atoms with Gasteiger partial charge in [-0.15, -0.1) is 0 Å². The van der Waals surface area contributed by atoms with Gasteiger partial charge in [0.25, 0.3) is 5.91 Å². The summed E-state index contributed by atoms with van der Waals surface area (Å²) in [5, 5.41) is 3.19. The monoisotopic (exact) mass is 395 g/mol. The van der Waals surface area contributed by atoms with E-state index < -0.39 is 29.3 Å². The Morgan fingerprint density at radius 2 is 1.81 bits per heavy atom. The van der Waals surface area contributed by atoms with E-state index in [1.807, 2.05) is 0 Å². The van der Waals surface area contributed by atoms with E-state index in [4.69, 9.17) is 21.1 Å². The van der Waals surface area contributed by atoms with Gasteiger partial charge in [-0.05, 0) is 36.4 Å². The van der Waals surface area contributed by atoms with E-state index in [0.29, 0.717) is 15.7 Å². The molecule has 0 spiro atoms. The Labute approximate surface area is 158 Å². The van der Waals surface area contributed by atoms with Crippen LogP contribution in [0.25, 0.3) is 0 Å². The SMILES string of the molecule is C[S@](=O)c1ccccc1C(=O)OCC(=O)NCCOc1ccc(Cl)cc1. The lowest BCUT2D eigenvalue weighted by atomic mass is 10.2. The Bertz CT molecular complexity index is 794. The number of halogens is 1. The van der Waals surface area contributed by atoms with Crippen LogP contribution in [0, 0.1) is 0 Å². The van der Waals surface area contributed by atoms with E-state index in [0.717, 1.165) is 0 Å². The first-order valence-corrected chi connectivity index (χ1v) is 9.65. The number of ether oxygens (including phenoxy) is 2. The fourth-order valence-electron chi connectivity index (χ4n) is 2.04. The highest BCUT2D eigenvalue weighted by Gasteiger charge is 2.15. The van der Waals surface area contributed by atoms with Crippen molar-refractivity contribution < 1.29 is 23.3 Å². The second kappa shape index (κ2) is 9.94. The van der Waals surface area contributed by atoms with Crippen LogP contribution in [0.4, 0.5) is 0 Å². The largest absolute Gasteiger partial charge is 0.492 e. The smallest absolute Gasteiger partial charge is 0.339 e. The molecule has 2 rings (SSSR count). The molecule has 138 valence electrons. The van der Waals surface area contributed by atoms with E-state index in [2.05, 4.69) is 5.32 Å². The van der Waals surface area contributed by atoms with Gasteiger partial charge in [-0.3, -0.25) is 9.00 Å². The van der Waals surface area contributed by atoms with Crippen LogP contribution in [0.2, 0.25) is 5.02 Å². The minimum Gasteiger partial charge on any atom is -0.492 e. The zero-order valence-corrected chi connectivity index (χ0v) is 15.6. The molecule has 0 aromatic heterocycles. The minimum absolute atomic E-state index is 0.187. The van der Waals surface area contributed by atoms with Gasteiger partial charge >= 0.3 is 5.97 Å². The number of carbonyl (C=O) groups is 2. The van der Waals surface area contributed by atoms with Gasteiger partial charge in [0.1, 0.15) is 12.4 Å². The van der Waals surface area contributed by atoms with Crippen LogP contribution in [0.1, 0.15) is 10.4 Å². The molecule has 1 atom stereocenters. The summed E-state index contributed by atoms with van der Waals surface area (Å²) in [6, 6.07) is 13.3. The maximum absolute atomic E-state index is 12.0. The number of rotatable bonds is 8. The summed E-state index contributed by atoms with van der Waals surface area (Å²) < 4.78 is 22.0. The molecule has 0 bridgehead atoms. The molecule has 0 aliphatic rings. The van der Waals surface area contributed by atoms with Crippen molar-refractivity contribution in [2.24, 2.45) is 0 Å². The Kier molecular flexibility index (Phi) is 7.62. The van der Waals surface area contributed by atoms with Crippen molar-refractivity contribution in [3.63, 3.8) is 0 Å². The zero-order valence-electron chi connectivity index (χ0n) is 14.1. The van der Waals surface area contributed by atoms with E-state index in [1.165, 1.54) is 12.3 Å². The Balaban J connectivity index is 1.72. The Morgan fingerprint density at radius 3 is 2.50 bits per heavy atom. The number of hydrogen-bond donors (Lipinski definition) is 1. The van der Waals surface area contributed by atoms with Crippen molar-refractivity contribution in [2.75, 3.05) is 26.0 Å². The molecule has 0 heterocycles. The molecule has 26 heavy (non-hydrogen) atoms. The quantitative estimate of drug-likeness (QED) is 0.548. The molecule has 2 aromatic carbocycles. The van der Waals surface area contributed by atoms with Crippen LogP contribution < -0.4 is 10.1 Å². The van der Waals surface area contributed by atoms with E-state index in [9.17, 15) is 13.8 Å². The molecule has 1 amide bonds. The molecule has 8 heteroatoms. The molecule has 0 unspecified atom stereocenters. The molecule has 0 radical (unpaired) electrons. The number of esters is 1. The predicted octanol–water partition coefficient (Wildman–Crippen LogP) is 2.43. The number of benzene rings is 2. The maximum atomic E-state index is 12.0. The van der Waals surface area contributed by atoms with E-state index in [-0.39, 0.29) is 18.7 Å². The molecular formula is C18H18ClNO5S. The van der Waals surface area contributed by atoms with Crippen molar-refractivity contribution in [3.8, 4) is 5.75 Å². The normalized spacial score (nSPS) is 11.5. The molecule has 0 saturated heterocycles. The van der Waals surface area contributed by atoms with Crippen molar-refractivity contribution in [2.45, 2.75) is 4.90 Å². The van der Waals surface area contributed by atoms with Gasteiger partial charge in [0.2, 0.25) is 0 Å². The van der Waals surface area contributed by atoms with Gasteiger partial charge in [0, 0.05) is 11.3 Å². The molecule has 0 aliphatic heterocycles. The molecule has 0 aliphatic carbocycles. The Morgan fingerprint density at radius 1 is 1.12 bits per heavy atom. The number of hydrogen-bond acceptors (Lipinski definition) is 5. The standard InChI is InChI=1S/C18H18ClNO5S/c1-26(23)16-5-3-2-4-15(16)18(22)25-12-17(21)20-10-11-24-14-8-6-13(19)7-9-14/h2-9H,10-12H2,1H3,(H,20,21)/t26-/m0/s1. The lowest BCUT2D eigenvalue weighted by Gasteiger charge is -2.09. The number of nitrogens with one attached hydrogen (secondary N) is 1. The van der Waals surface area contributed by atoms with E-state index in [1.54, 1.807) is 42.5 Å². The van der Waals surface area contributed by atoms with Gasteiger partial charge < -0.3 is 14.8 Å². The summed E-state index contributed by atoms with van der Waals surface area (Å²) in [4.78, 5) is 24.1. The summed E-state index contributed by atoms with van der Waals surface area (Å²) in [6.45, 7) is 0.0952. The average molecular weight is 396 g/mol. The van der Waals surface area contributed by atoms with Gasteiger partial charge in [-0.1, -0.05) is 23.7 Å². The first-order chi connectivity index (χ1) is 12.5. The molecular weight excluding hydrogens is 378 g/mol. The van der Waals surface area contributed by atoms with Crippen LogP contribution in [0.3, 0.4) is 0 Å². The summed E-state index contributed by atoms with van der Waals surface area (Å²) in [7, 11) is -1.33. The summed E-state index contributed by atoms with van der Waals surface area (Å²) in [6.07, 6.45) is 1.47. The summed E-state index contributed by atoms with van der Waals surface area (Å²) in [5.74, 6) is -0.504. The van der Waals surface area contributed by atoms with Crippen LogP contribution in [0.15, 0.2) is 53.4 Å². The third-order valence-electron chi connectivity index (χ3n) is 3.26. The van der Waals surface area contributed by atoms with Crippen molar-refractivity contribution in [1.82, 2.24) is 5.32 Å². The van der Waals surface area contributed by atoms with Crippen LogP contribution in [-0.2, 0) is 20.3 Å². The molecule has 6 nitrogen and oxygen atoms in total.